The van der Waals surface area contributed by atoms with Gasteiger partial charge in [0.2, 0.25) is 11.8 Å². The number of hydrogen-bond acceptors (Lipinski definition) is 7. The Balaban J connectivity index is 1.88. The highest BCUT2D eigenvalue weighted by atomic mass is 16.5. The van der Waals surface area contributed by atoms with Crippen molar-refractivity contribution in [2.75, 3.05) is 14.2 Å². The molecule has 2 atom stereocenters. The molecule has 0 bridgehead atoms. The highest BCUT2D eigenvalue weighted by Gasteiger charge is 2.28. The van der Waals surface area contributed by atoms with Gasteiger partial charge in [0.15, 0.2) is 0 Å². The van der Waals surface area contributed by atoms with Gasteiger partial charge in [-0.1, -0.05) is 30.3 Å². The Hall–Kier alpha value is -4.14. The van der Waals surface area contributed by atoms with Crippen molar-refractivity contribution >= 4 is 28.8 Å². The van der Waals surface area contributed by atoms with Crippen LogP contribution in [0.4, 0.5) is 0 Å². The molecule has 3 aromatic rings. The van der Waals surface area contributed by atoms with E-state index in [1.165, 1.54) is 27.2 Å². The van der Waals surface area contributed by atoms with Crippen LogP contribution in [0, 0.1) is 0 Å². The van der Waals surface area contributed by atoms with E-state index in [9.17, 15) is 19.2 Å². The maximum Gasteiger partial charge on any atom is 0.336 e. The van der Waals surface area contributed by atoms with E-state index in [0.717, 1.165) is 5.56 Å². The molecule has 0 unspecified atom stereocenters. The van der Waals surface area contributed by atoms with Gasteiger partial charge in [0.25, 0.3) is 0 Å². The second-order valence-corrected chi connectivity index (χ2v) is 7.68. The van der Waals surface area contributed by atoms with E-state index >= 15 is 0 Å². The van der Waals surface area contributed by atoms with E-state index in [4.69, 9.17) is 13.9 Å². The van der Waals surface area contributed by atoms with Gasteiger partial charge in [-0.15, -0.1) is 0 Å². The summed E-state index contributed by atoms with van der Waals surface area (Å²) in [5.74, 6) is -1.12. The second kappa shape index (κ2) is 11.1. The smallest absolute Gasteiger partial charge is 0.336 e. The lowest BCUT2D eigenvalue weighted by Gasteiger charge is -2.22. The van der Waals surface area contributed by atoms with E-state index in [1.807, 2.05) is 30.3 Å². The number of rotatable bonds is 9. The molecule has 34 heavy (non-hydrogen) atoms. The predicted molar refractivity (Wildman–Crippen MR) is 124 cm³/mol. The van der Waals surface area contributed by atoms with E-state index < -0.39 is 29.6 Å². The van der Waals surface area contributed by atoms with E-state index in [1.54, 1.807) is 18.2 Å². The van der Waals surface area contributed by atoms with Crippen molar-refractivity contribution in [1.29, 1.82) is 0 Å². The summed E-state index contributed by atoms with van der Waals surface area (Å²) in [5, 5.41) is 5.88. The number of amides is 2. The summed E-state index contributed by atoms with van der Waals surface area (Å²) in [7, 11) is 2.70. The lowest BCUT2D eigenvalue weighted by molar-refractivity contribution is -0.145. The first-order chi connectivity index (χ1) is 16.3. The fraction of sp³-hybridized carbons (Fsp3) is 0.280. The normalized spacial score (nSPS) is 12.4. The molecule has 0 aliphatic heterocycles. The Bertz CT molecular complexity index is 1240. The molecule has 0 spiro atoms. The third-order valence-electron chi connectivity index (χ3n) is 5.24. The number of carbonyl (C=O) groups excluding carboxylic acids is 3. The zero-order valence-corrected chi connectivity index (χ0v) is 19.1. The molecule has 1 heterocycles. The van der Waals surface area contributed by atoms with E-state index in [2.05, 4.69) is 10.6 Å². The van der Waals surface area contributed by atoms with Gasteiger partial charge in [-0.25, -0.2) is 9.59 Å². The SMILES string of the molecule is COC(=O)[C@H](Cc1cc(=O)oc2cc(OC)ccc12)NC(=O)[C@H](Cc1ccccc1)NC(C)=O. The number of fused-ring (bicyclic) bond motifs is 1. The van der Waals surface area contributed by atoms with E-state index in [-0.39, 0.29) is 24.3 Å². The Morgan fingerprint density at radius 2 is 1.68 bits per heavy atom. The summed E-state index contributed by atoms with van der Waals surface area (Å²) < 4.78 is 15.3. The molecule has 3 rings (SSSR count). The van der Waals surface area contributed by atoms with Gasteiger partial charge < -0.3 is 24.5 Å². The van der Waals surface area contributed by atoms with Crippen LogP contribution in [0.25, 0.3) is 11.0 Å². The first-order valence-electron chi connectivity index (χ1n) is 10.6. The highest BCUT2D eigenvalue weighted by molar-refractivity contribution is 5.91. The zero-order valence-electron chi connectivity index (χ0n) is 19.1. The van der Waals surface area contributed by atoms with Gasteiger partial charge in [0.05, 0.1) is 14.2 Å². The Morgan fingerprint density at radius 3 is 2.32 bits per heavy atom. The third kappa shape index (κ3) is 6.22. The number of methoxy groups -OCH3 is 2. The molecule has 0 saturated heterocycles. The van der Waals surface area contributed by atoms with Crippen molar-refractivity contribution in [2.24, 2.45) is 0 Å². The van der Waals surface area contributed by atoms with Crippen LogP contribution in [-0.2, 0) is 32.0 Å². The molecular formula is C25H26N2O7. The van der Waals surface area contributed by atoms with Gasteiger partial charge in [0.1, 0.15) is 23.4 Å². The van der Waals surface area contributed by atoms with Gasteiger partial charge in [-0.05, 0) is 23.3 Å². The average molecular weight is 466 g/mol. The number of ether oxygens (including phenoxy) is 2. The van der Waals surface area contributed by atoms with Crippen LogP contribution in [-0.4, -0.2) is 44.1 Å². The molecule has 9 nitrogen and oxygen atoms in total. The highest BCUT2D eigenvalue weighted by Crippen LogP contribution is 2.23. The minimum atomic E-state index is -1.10. The predicted octanol–water partition coefficient (Wildman–Crippen LogP) is 1.75. The first kappa shape index (κ1) is 24.5. The van der Waals surface area contributed by atoms with Gasteiger partial charge in [-0.2, -0.15) is 0 Å². The van der Waals surface area contributed by atoms with E-state index in [0.29, 0.717) is 16.7 Å². The fourth-order valence-corrected chi connectivity index (χ4v) is 3.64. The van der Waals surface area contributed by atoms with Gasteiger partial charge in [-0.3, -0.25) is 9.59 Å². The number of hydrogen-bond donors (Lipinski definition) is 2. The Kier molecular flexibility index (Phi) is 8.02. The molecule has 2 amide bonds. The molecule has 0 aliphatic rings. The quantitative estimate of drug-likeness (QED) is 0.364. The average Bonchev–Trinajstić information content (AvgIpc) is 2.82. The molecule has 2 N–H and O–H groups in total. The zero-order chi connectivity index (χ0) is 24.7. The number of benzene rings is 2. The molecule has 0 aliphatic carbocycles. The maximum absolute atomic E-state index is 13.1. The van der Waals surface area contributed by atoms with Crippen molar-refractivity contribution in [3.63, 3.8) is 0 Å². The van der Waals surface area contributed by atoms with Gasteiger partial charge in [0, 0.05) is 37.3 Å². The van der Waals surface area contributed by atoms with Crippen molar-refractivity contribution in [3.05, 3.63) is 76.1 Å². The largest absolute Gasteiger partial charge is 0.497 e. The summed E-state index contributed by atoms with van der Waals surface area (Å²) in [6.45, 7) is 1.31. The molecular weight excluding hydrogens is 440 g/mol. The molecule has 1 aromatic heterocycles. The summed E-state index contributed by atoms with van der Waals surface area (Å²) in [5.41, 5.74) is 1.01. The molecule has 0 saturated carbocycles. The summed E-state index contributed by atoms with van der Waals surface area (Å²) in [6.07, 6.45) is 0.211. The van der Waals surface area contributed by atoms with Crippen molar-refractivity contribution in [3.8, 4) is 5.75 Å². The second-order valence-electron chi connectivity index (χ2n) is 7.68. The Labute approximate surface area is 196 Å². The minimum absolute atomic E-state index is 0.0228. The monoisotopic (exact) mass is 466 g/mol. The van der Waals surface area contributed by atoms with Crippen LogP contribution in [0.1, 0.15) is 18.1 Å². The number of esters is 1. The summed E-state index contributed by atoms with van der Waals surface area (Å²) in [6, 6.07) is 13.4. The number of nitrogens with one attached hydrogen (secondary N) is 2. The van der Waals surface area contributed by atoms with Crippen LogP contribution in [0.5, 0.6) is 5.75 Å². The maximum atomic E-state index is 13.1. The third-order valence-corrected chi connectivity index (χ3v) is 5.24. The summed E-state index contributed by atoms with van der Waals surface area (Å²) in [4.78, 5) is 49.5. The van der Waals surface area contributed by atoms with Crippen molar-refractivity contribution in [1.82, 2.24) is 10.6 Å². The van der Waals surface area contributed by atoms with Gasteiger partial charge >= 0.3 is 11.6 Å². The van der Waals surface area contributed by atoms with Crippen molar-refractivity contribution < 1.29 is 28.3 Å². The topological polar surface area (TPSA) is 124 Å². The van der Waals surface area contributed by atoms with Crippen LogP contribution in [0.2, 0.25) is 0 Å². The molecule has 2 aromatic carbocycles. The fourth-order valence-electron chi connectivity index (χ4n) is 3.64. The first-order valence-corrected chi connectivity index (χ1v) is 10.6. The molecule has 9 heteroatoms. The minimum Gasteiger partial charge on any atom is -0.497 e. The van der Waals surface area contributed by atoms with Crippen molar-refractivity contribution in [2.45, 2.75) is 31.8 Å². The standard InChI is InChI=1S/C25H26N2O7/c1-15(28)26-20(11-16-7-5-4-6-8-16)24(30)27-21(25(31)33-3)12-17-13-23(29)34-22-14-18(32-2)9-10-19(17)22/h4-10,13-14,20-21H,11-12H2,1-3H3,(H,26,28)(H,27,30)/t20-,21-/m0/s1. The van der Waals surface area contributed by atoms with Crippen LogP contribution in [0.15, 0.2) is 63.8 Å². The van der Waals surface area contributed by atoms with Crippen LogP contribution >= 0.6 is 0 Å². The summed E-state index contributed by atoms with van der Waals surface area (Å²) >= 11 is 0. The molecule has 178 valence electrons. The van der Waals surface area contributed by atoms with Crippen LogP contribution in [0.3, 0.4) is 0 Å². The van der Waals surface area contributed by atoms with Crippen LogP contribution < -0.4 is 21.0 Å². The lowest BCUT2D eigenvalue weighted by Crippen LogP contribution is -2.53. The Morgan fingerprint density at radius 1 is 0.941 bits per heavy atom. The molecule has 0 radical (unpaired) electrons. The molecule has 0 fully saturated rings. The number of carbonyl (C=O) groups is 3. The lowest BCUT2D eigenvalue weighted by atomic mass is 10.0.